The highest BCUT2D eigenvalue weighted by atomic mass is 32.2. The van der Waals surface area contributed by atoms with Gasteiger partial charge in [0.2, 0.25) is 0 Å². The molecule has 0 aliphatic rings. The number of aromatic nitrogens is 2. The second-order valence-corrected chi connectivity index (χ2v) is 7.50. The molecule has 1 rings (SSSR count). The Kier molecular flexibility index (Phi) is 5.52. The topological polar surface area (TPSA) is 101 Å². The van der Waals surface area contributed by atoms with E-state index in [4.69, 9.17) is 4.74 Å². The highest BCUT2D eigenvalue weighted by molar-refractivity contribution is 7.89. The Morgan fingerprint density at radius 1 is 1.48 bits per heavy atom. The lowest BCUT2D eigenvalue weighted by atomic mass is 9.81. The second-order valence-electron chi connectivity index (χ2n) is 5.80. The molecule has 0 atom stereocenters. The van der Waals surface area contributed by atoms with E-state index in [1.54, 1.807) is 6.92 Å². The van der Waals surface area contributed by atoms with E-state index < -0.39 is 16.0 Å². The molecular weight excluding hydrogens is 294 g/mol. The van der Waals surface area contributed by atoms with Crippen LogP contribution >= 0.6 is 0 Å². The van der Waals surface area contributed by atoms with Crippen LogP contribution in [-0.2, 0) is 14.8 Å². The zero-order valence-electron chi connectivity index (χ0n) is 13.1. The van der Waals surface area contributed by atoms with Gasteiger partial charge in [-0.1, -0.05) is 27.7 Å². The van der Waals surface area contributed by atoms with E-state index in [0.29, 0.717) is 5.92 Å². The maximum absolute atomic E-state index is 12.3. The van der Waals surface area contributed by atoms with Crippen LogP contribution in [-0.4, -0.2) is 37.7 Å². The van der Waals surface area contributed by atoms with Crippen molar-refractivity contribution in [3.63, 3.8) is 0 Å². The monoisotopic (exact) mass is 317 g/mol. The van der Waals surface area contributed by atoms with Crippen LogP contribution in [0.15, 0.2) is 11.2 Å². The molecule has 0 bridgehead atoms. The fraction of sp³-hybridized carbons (Fsp3) is 0.692. The molecule has 21 heavy (non-hydrogen) atoms. The molecule has 0 amide bonds. The molecule has 120 valence electrons. The van der Waals surface area contributed by atoms with E-state index in [2.05, 4.69) is 14.9 Å². The molecule has 0 radical (unpaired) electrons. The molecule has 0 aromatic carbocycles. The van der Waals surface area contributed by atoms with Crippen LogP contribution < -0.4 is 4.72 Å². The molecule has 7 nitrogen and oxygen atoms in total. The Morgan fingerprint density at radius 2 is 2.10 bits per heavy atom. The number of carbonyl (C=O) groups is 1. The van der Waals surface area contributed by atoms with Gasteiger partial charge in [0, 0.05) is 6.54 Å². The highest BCUT2D eigenvalue weighted by Crippen LogP contribution is 2.25. The lowest BCUT2D eigenvalue weighted by Gasteiger charge is -2.29. The molecule has 0 saturated carbocycles. The largest absolute Gasteiger partial charge is 0.462 e. The summed E-state index contributed by atoms with van der Waals surface area (Å²) in [6.45, 7) is 10.1. The van der Waals surface area contributed by atoms with Crippen LogP contribution in [0, 0.1) is 11.3 Å². The van der Waals surface area contributed by atoms with Crippen molar-refractivity contribution in [2.75, 3.05) is 13.2 Å². The van der Waals surface area contributed by atoms with Gasteiger partial charge in [-0.05, 0) is 18.3 Å². The summed E-state index contributed by atoms with van der Waals surface area (Å²) in [4.78, 5) is 11.7. The lowest BCUT2D eigenvalue weighted by Crippen LogP contribution is -2.37. The predicted molar refractivity (Wildman–Crippen MR) is 78.4 cm³/mol. The quantitative estimate of drug-likeness (QED) is 0.743. The standard InChI is InChI=1S/C13H23N3O4S/c1-6-20-12(17)10-7-14-16-11(10)21(18,19)15-8-13(4,5)9(2)3/h7,9,15H,6,8H2,1-5H3,(H,14,16). The van der Waals surface area contributed by atoms with E-state index in [1.165, 1.54) is 0 Å². The van der Waals surface area contributed by atoms with Gasteiger partial charge in [0.15, 0.2) is 5.03 Å². The highest BCUT2D eigenvalue weighted by Gasteiger charge is 2.29. The number of hydrogen-bond acceptors (Lipinski definition) is 5. The number of hydrogen-bond donors (Lipinski definition) is 2. The van der Waals surface area contributed by atoms with Gasteiger partial charge in [0.05, 0.1) is 12.8 Å². The maximum atomic E-state index is 12.3. The molecule has 1 heterocycles. The summed E-state index contributed by atoms with van der Waals surface area (Å²) in [6.07, 6.45) is 1.15. The number of rotatable bonds is 7. The molecule has 0 fully saturated rings. The number of sulfonamides is 1. The van der Waals surface area contributed by atoms with Crippen LogP contribution in [0.1, 0.15) is 45.0 Å². The minimum atomic E-state index is -3.85. The summed E-state index contributed by atoms with van der Waals surface area (Å²) in [5, 5.41) is 5.71. The molecule has 2 N–H and O–H groups in total. The van der Waals surface area contributed by atoms with Crippen LogP contribution in [0.3, 0.4) is 0 Å². The molecule has 0 aliphatic carbocycles. The molecule has 1 aromatic heterocycles. The molecule has 0 aliphatic heterocycles. The summed E-state index contributed by atoms with van der Waals surface area (Å²) in [6, 6.07) is 0. The van der Waals surface area contributed by atoms with Gasteiger partial charge in [-0.3, -0.25) is 5.10 Å². The van der Waals surface area contributed by atoms with Crippen molar-refractivity contribution in [1.82, 2.24) is 14.9 Å². The molecule has 0 spiro atoms. The SMILES string of the molecule is CCOC(=O)c1cn[nH]c1S(=O)(=O)NCC(C)(C)C(C)C. The first-order chi connectivity index (χ1) is 9.62. The van der Waals surface area contributed by atoms with Gasteiger partial charge in [0.25, 0.3) is 10.0 Å². The van der Waals surface area contributed by atoms with Crippen LogP contribution in [0.4, 0.5) is 0 Å². The summed E-state index contributed by atoms with van der Waals surface area (Å²) < 4.78 is 31.9. The molecule has 1 aromatic rings. The third-order valence-electron chi connectivity index (χ3n) is 3.65. The number of nitrogens with zero attached hydrogens (tertiary/aromatic N) is 1. The predicted octanol–water partition coefficient (Wildman–Crippen LogP) is 1.55. The Labute approximate surface area is 125 Å². The van der Waals surface area contributed by atoms with Gasteiger partial charge < -0.3 is 4.74 Å². The smallest absolute Gasteiger partial charge is 0.342 e. The molecule has 0 unspecified atom stereocenters. The fourth-order valence-corrected chi connectivity index (χ4v) is 2.70. The first kappa shape index (κ1) is 17.6. The minimum absolute atomic E-state index is 0.0910. The third kappa shape index (κ3) is 4.28. The number of ether oxygens (including phenoxy) is 1. The number of H-pyrrole nitrogens is 1. The van der Waals surface area contributed by atoms with Crippen molar-refractivity contribution in [3.8, 4) is 0 Å². The van der Waals surface area contributed by atoms with Crippen molar-refractivity contribution in [3.05, 3.63) is 11.8 Å². The number of aromatic amines is 1. The molecular formula is C13H23N3O4S. The average Bonchev–Trinajstić information content (AvgIpc) is 2.87. The number of nitrogens with one attached hydrogen (secondary N) is 2. The number of esters is 1. The number of carbonyl (C=O) groups excluding carboxylic acids is 1. The van der Waals surface area contributed by atoms with Gasteiger partial charge in [-0.25, -0.2) is 17.9 Å². The van der Waals surface area contributed by atoms with Gasteiger partial charge >= 0.3 is 5.97 Å². The lowest BCUT2D eigenvalue weighted by molar-refractivity contribution is 0.0522. The molecule has 0 saturated heterocycles. The Balaban J connectivity index is 2.95. The Hall–Kier alpha value is -1.41. The van der Waals surface area contributed by atoms with Crippen molar-refractivity contribution >= 4 is 16.0 Å². The van der Waals surface area contributed by atoms with Gasteiger partial charge in [-0.2, -0.15) is 5.10 Å². The van der Waals surface area contributed by atoms with Crippen LogP contribution in [0.2, 0.25) is 0 Å². The van der Waals surface area contributed by atoms with Crippen LogP contribution in [0.25, 0.3) is 0 Å². The van der Waals surface area contributed by atoms with Crippen molar-refractivity contribution in [2.45, 2.75) is 39.6 Å². The van der Waals surface area contributed by atoms with Crippen molar-refractivity contribution < 1.29 is 17.9 Å². The average molecular weight is 317 g/mol. The summed E-state index contributed by atoms with van der Waals surface area (Å²) >= 11 is 0. The zero-order valence-corrected chi connectivity index (χ0v) is 13.9. The van der Waals surface area contributed by atoms with Crippen molar-refractivity contribution in [1.29, 1.82) is 0 Å². The first-order valence-corrected chi connectivity index (χ1v) is 8.30. The molecule has 8 heteroatoms. The second kappa shape index (κ2) is 6.57. The van der Waals surface area contributed by atoms with E-state index in [9.17, 15) is 13.2 Å². The van der Waals surface area contributed by atoms with E-state index in [-0.39, 0.29) is 29.2 Å². The summed E-state index contributed by atoms with van der Waals surface area (Å²) in [5.41, 5.74) is -0.302. The van der Waals surface area contributed by atoms with Crippen molar-refractivity contribution in [2.24, 2.45) is 11.3 Å². The van der Waals surface area contributed by atoms with Gasteiger partial charge in [0.1, 0.15) is 5.56 Å². The Bertz CT molecular complexity index is 590. The van der Waals surface area contributed by atoms with E-state index >= 15 is 0 Å². The minimum Gasteiger partial charge on any atom is -0.462 e. The summed E-state index contributed by atoms with van der Waals surface area (Å²) in [7, 11) is -3.85. The maximum Gasteiger partial charge on any atom is 0.342 e. The Morgan fingerprint density at radius 3 is 2.62 bits per heavy atom. The third-order valence-corrected chi connectivity index (χ3v) is 5.02. The van der Waals surface area contributed by atoms with Crippen LogP contribution in [0.5, 0.6) is 0 Å². The zero-order chi connectivity index (χ0) is 16.3. The van der Waals surface area contributed by atoms with E-state index in [1.807, 2.05) is 27.7 Å². The summed E-state index contributed by atoms with van der Waals surface area (Å²) in [5.74, 6) is -0.416. The van der Waals surface area contributed by atoms with Gasteiger partial charge in [-0.15, -0.1) is 0 Å². The fourth-order valence-electron chi connectivity index (χ4n) is 1.39. The van der Waals surface area contributed by atoms with E-state index in [0.717, 1.165) is 6.20 Å². The first-order valence-electron chi connectivity index (χ1n) is 6.82. The normalized spacial score (nSPS) is 12.7.